The lowest BCUT2D eigenvalue weighted by Gasteiger charge is -2.42. The molecule has 15 heteroatoms. The molecule has 4 amide bonds. The Morgan fingerprint density at radius 2 is 1.98 bits per heavy atom. The zero-order valence-corrected chi connectivity index (χ0v) is 29.3. The molecule has 0 radical (unpaired) electrons. The van der Waals surface area contributed by atoms with Crippen LogP contribution in [0.3, 0.4) is 0 Å². The quantitative estimate of drug-likeness (QED) is 0.121. The Hall–Kier alpha value is -3.85. The number of urea groups is 1. The maximum atomic E-state index is 12.9. The number of carbonyl (C=O) groups excluding carboxylic acids is 4. The zero-order chi connectivity index (χ0) is 36.0. The molecule has 8 atom stereocenters. The number of epoxide rings is 1. The number of amides is 4. The van der Waals surface area contributed by atoms with E-state index in [1.807, 2.05) is 25.1 Å². The van der Waals surface area contributed by atoms with E-state index in [0.29, 0.717) is 17.2 Å². The zero-order valence-electron chi connectivity index (χ0n) is 28.6. The van der Waals surface area contributed by atoms with Gasteiger partial charge >= 0.3 is 18.1 Å². The van der Waals surface area contributed by atoms with Gasteiger partial charge in [-0.25, -0.2) is 14.4 Å². The normalized spacial score (nSPS) is 26.4. The number of cyclic esters (lactones) is 1. The highest BCUT2D eigenvalue weighted by Gasteiger charge is 2.64. The van der Waals surface area contributed by atoms with Gasteiger partial charge in [0.2, 0.25) is 5.91 Å². The molecule has 5 N–H and O–H groups in total. The van der Waals surface area contributed by atoms with Crippen molar-refractivity contribution >= 4 is 35.6 Å². The number of hydrogen-bond acceptors (Lipinski definition) is 10. The van der Waals surface area contributed by atoms with Gasteiger partial charge in [-0.1, -0.05) is 48.4 Å². The van der Waals surface area contributed by atoms with Gasteiger partial charge in [0.15, 0.2) is 5.72 Å². The summed E-state index contributed by atoms with van der Waals surface area (Å²) in [7, 11) is 5.78. The van der Waals surface area contributed by atoms with Gasteiger partial charge in [-0.2, -0.15) is 0 Å². The largest absolute Gasteiger partial charge is 0.495 e. The third-order valence-corrected chi connectivity index (χ3v) is 9.26. The Balaban J connectivity index is 1.73. The first-order valence-corrected chi connectivity index (χ1v) is 15.9. The summed E-state index contributed by atoms with van der Waals surface area (Å²) < 4.78 is 28.2. The number of nitrogens with one attached hydrogen (secondary N) is 2. The van der Waals surface area contributed by atoms with Crippen LogP contribution in [-0.2, 0) is 35.0 Å². The topological polar surface area (TPSA) is 191 Å². The summed E-state index contributed by atoms with van der Waals surface area (Å²) in [5.41, 5.74) is 4.33. The first kappa shape index (κ1) is 38.6. The van der Waals surface area contributed by atoms with E-state index >= 15 is 0 Å². The van der Waals surface area contributed by atoms with Crippen LogP contribution in [-0.4, -0.2) is 104 Å². The fourth-order valence-electron chi connectivity index (χ4n) is 5.71. The predicted molar refractivity (Wildman–Crippen MR) is 176 cm³/mol. The number of hydrogen-bond donors (Lipinski definition) is 4. The molecule has 0 aliphatic carbocycles. The molecule has 8 unspecified atom stereocenters. The average Bonchev–Trinajstić information content (AvgIpc) is 3.73. The number of nitrogens with two attached hydrogens (primary N) is 1. The minimum atomic E-state index is -1.83. The van der Waals surface area contributed by atoms with Gasteiger partial charge in [-0.3, -0.25) is 10.1 Å². The third-order valence-electron chi connectivity index (χ3n) is 8.95. The van der Waals surface area contributed by atoms with Gasteiger partial charge in [-0.15, -0.1) is 0 Å². The van der Waals surface area contributed by atoms with E-state index in [2.05, 4.69) is 10.6 Å². The van der Waals surface area contributed by atoms with E-state index in [1.165, 1.54) is 28.1 Å². The molecule has 1 aromatic rings. The van der Waals surface area contributed by atoms with Crippen LogP contribution >= 0.6 is 11.6 Å². The summed E-state index contributed by atoms with van der Waals surface area (Å²) in [6.07, 6.45) is 1.29. The number of likely N-dealkylation sites (N-methyl/N-ethyl adjacent to an activating group) is 1. The number of ether oxygens (including phenoxy) is 5. The van der Waals surface area contributed by atoms with Crippen molar-refractivity contribution in [2.75, 3.05) is 28.3 Å². The lowest BCUT2D eigenvalue weighted by molar-refractivity contribution is -0.158. The van der Waals surface area contributed by atoms with Crippen LogP contribution in [0.4, 0.5) is 9.59 Å². The number of allylic oxidation sites excluding steroid dienone is 3. The van der Waals surface area contributed by atoms with Gasteiger partial charge in [0, 0.05) is 33.5 Å². The SMILES string of the molecule is CNC(=O)CC(OC(=O)C(C)N(C)C(N)=O)C1(C)OC1C(C)C1CC(O)(C(/C=C/C=C(\C)Cc2ccc(Cl)c(OC)c2)OC)NC(=O)O1. The van der Waals surface area contributed by atoms with Crippen molar-refractivity contribution in [2.45, 2.75) is 88.7 Å². The average molecular weight is 695 g/mol. The number of alkyl carbamates (subject to hydrolysis) is 1. The van der Waals surface area contributed by atoms with Gasteiger partial charge in [0.1, 0.15) is 35.7 Å². The lowest BCUT2D eigenvalue weighted by Crippen LogP contribution is -2.63. The van der Waals surface area contributed by atoms with Gasteiger partial charge < -0.3 is 44.7 Å². The molecule has 2 saturated heterocycles. The molecule has 0 bridgehead atoms. The van der Waals surface area contributed by atoms with Crippen molar-refractivity contribution in [3.63, 3.8) is 0 Å². The molecule has 266 valence electrons. The molecular weight excluding hydrogens is 648 g/mol. The number of primary amides is 1. The Labute approximate surface area is 285 Å². The molecule has 2 heterocycles. The minimum Gasteiger partial charge on any atom is -0.495 e. The second kappa shape index (κ2) is 16.0. The Morgan fingerprint density at radius 1 is 1.29 bits per heavy atom. The molecule has 1 aromatic carbocycles. The Morgan fingerprint density at radius 3 is 2.58 bits per heavy atom. The number of benzene rings is 1. The van der Waals surface area contributed by atoms with E-state index in [0.717, 1.165) is 16.0 Å². The number of esters is 1. The number of halogens is 1. The van der Waals surface area contributed by atoms with Crippen LogP contribution in [0.25, 0.3) is 0 Å². The second-order valence-electron chi connectivity index (χ2n) is 12.4. The smallest absolute Gasteiger partial charge is 0.409 e. The van der Waals surface area contributed by atoms with Crippen molar-refractivity contribution < 1.29 is 48.0 Å². The molecule has 2 aliphatic rings. The molecule has 0 spiro atoms. The number of rotatable bonds is 15. The molecule has 2 fully saturated rings. The van der Waals surface area contributed by atoms with Crippen molar-refractivity contribution in [3.8, 4) is 5.75 Å². The summed E-state index contributed by atoms with van der Waals surface area (Å²) in [5.74, 6) is -1.10. The maximum absolute atomic E-state index is 12.9. The van der Waals surface area contributed by atoms with E-state index < -0.39 is 71.7 Å². The van der Waals surface area contributed by atoms with Crippen LogP contribution in [0.5, 0.6) is 5.75 Å². The summed E-state index contributed by atoms with van der Waals surface area (Å²) in [6, 6.07) is 3.71. The van der Waals surface area contributed by atoms with Gasteiger partial charge in [0.25, 0.3) is 0 Å². The number of aliphatic hydroxyl groups is 1. The lowest BCUT2D eigenvalue weighted by atomic mass is 9.83. The van der Waals surface area contributed by atoms with E-state index in [9.17, 15) is 24.3 Å². The molecule has 0 aromatic heterocycles. The predicted octanol–water partition coefficient (Wildman–Crippen LogP) is 2.84. The summed E-state index contributed by atoms with van der Waals surface area (Å²) in [4.78, 5) is 50.6. The fourth-order valence-corrected chi connectivity index (χ4v) is 5.91. The highest BCUT2D eigenvalue weighted by atomic mass is 35.5. The van der Waals surface area contributed by atoms with Crippen molar-refractivity contribution in [2.24, 2.45) is 11.7 Å². The number of nitrogens with zero attached hydrogens (tertiary/aromatic N) is 1. The highest BCUT2D eigenvalue weighted by Crippen LogP contribution is 2.48. The molecular formula is C33H47ClN4O10. The Kier molecular flexibility index (Phi) is 12.9. The standard InChI is InChI=1S/C33H47ClN4O10/c1-18(14-21-12-13-22(34)23(15-21)44-7)10-9-11-25(45-8)33(43)17-24(46-31(42)37-33)19(2)28-32(4,48-28)26(16-27(39)36-5)47-29(40)20(3)38(6)30(35)41/h9-13,15,19-20,24-26,28,43H,14,16-17H2,1-8H3,(H2,35,41)(H,36,39)(H,37,42)/b11-9+,18-10+. The Bertz CT molecular complexity index is 1420. The minimum absolute atomic E-state index is 0.0632. The molecule has 2 aliphatic heterocycles. The van der Waals surface area contributed by atoms with Crippen LogP contribution < -0.4 is 21.1 Å². The van der Waals surface area contributed by atoms with Crippen molar-refractivity contribution in [3.05, 3.63) is 52.6 Å². The number of carbonyl (C=O) groups is 4. The van der Waals surface area contributed by atoms with E-state index in [1.54, 1.807) is 39.2 Å². The van der Waals surface area contributed by atoms with Gasteiger partial charge in [0.05, 0.1) is 24.7 Å². The highest BCUT2D eigenvalue weighted by molar-refractivity contribution is 6.32. The fraction of sp³-hybridized carbons (Fsp3) is 0.576. The first-order chi connectivity index (χ1) is 22.5. The van der Waals surface area contributed by atoms with E-state index in [4.69, 9.17) is 41.0 Å². The van der Waals surface area contributed by atoms with Crippen LogP contribution in [0.15, 0.2) is 42.0 Å². The van der Waals surface area contributed by atoms with E-state index in [-0.39, 0.29) is 12.8 Å². The molecule has 48 heavy (non-hydrogen) atoms. The maximum Gasteiger partial charge on any atom is 0.409 e. The van der Waals surface area contributed by atoms with Gasteiger partial charge in [-0.05, 0) is 44.9 Å². The second-order valence-corrected chi connectivity index (χ2v) is 12.8. The van der Waals surface area contributed by atoms with Crippen LogP contribution in [0.1, 0.15) is 46.1 Å². The monoisotopic (exact) mass is 694 g/mol. The summed E-state index contributed by atoms with van der Waals surface area (Å²) in [5, 5.41) is 17.1. The van der Waals surface area contributed by atoms with Crippen LogP contribution in [0.2, 0.25) is 5.02 Å². The van der Waals surface area contributed by atoms with Crippen LogP contribution in [0, 0.1) is 5.92 Å². The van der Waals surface area contributed by atoms with Crippen molar-refractivity contribution in [1.82, 2.24) is 15.5 Å². The summed E-state index contributed by atoms with van der Waals surface area (Å²) in [6.45, 7) is 6.86. The molecule has 14 nitrogen and oxygen atoms in total. The van der Waals surface area contributed by atoms with Crippen molar-refractivity contribution in [1.29, 1.82) is 0 Å². The molecule has 0 saturated carbocycles. The molecule has 3 rings (SSSR count). The first-order valence-electron chi connectivity index (χ1n) is 15.5. The number of methoxy groups -OCH3 is 2. The summed E-state index contributed by atoms with van der Waals surface area (Å²) >= 11 is 6.13. The third kappa shape index (κ3) is 9.19.